The Hall–Kier alpha value is -3.43. The van der Waals surface area contributed by atoms with Crippen molar-refractivity contribution in [2.75, 3.05) is 27.3 Å². The third-order valence-electron chi connectivity index (χ3n) is 5.85. The number of benzene rings is 2. The van der Waals surface area contributed by atoms with Crippen LogP contribution in [0, 0.1) is 0 Å². The Balaban J connectivity index is 1.91. The Bertz CT molecular complexity index is 1010. The SMILES string of the molecule is COc1ccc(C(=O)N(OC)[C@@H]2CN(C(=O)O)CCC[C@H]2OCc2ccccc2)cc1C(C)=O. The van der Waals surface area contributed by atoms with Gasteiger partial charge in [-0.05, 0) is 43.5 Å². The highest BCUT2D eigenvalue weighted by Gasteiger charge is 2.37. The summed E-state index contributed by atoms with van der Waals surface area (Å²) >= 11 is 0. The number of likely N-dealkylation sites (tertiary alicyclic amines) is 1. The van der Waals surface area contributed by atoms with Crippen LogP contribution in [0.3, 0.4) is 0 Å². The molecule has 1 aliphatic heterocycles. The van der Waals surface area contributed by atoms with Gasteiger partial charge in [0.2, 0.25) is 0 Å². The summed E-state index contributed by atoms with van der Waals surface area (Å²) < 4.78 is 11.4. The Labute approximate surface area is 198 Å². The summed E-state index contributed by atoms with van der Waals surface area (Å²) in [5, 5.41) is 10.8. The minimum Gasteiger partial charge on any atom is -0.496 e. The van der Waals surface area contributed by atoms with E-state index in [-0.39, 0.29) is 23.5 Å². The number of hydroxylamine groups is 2. The molecule has 2 atom stereocenters. The quantitative estimate of drug-likeness (QED) is 0.464. The number of hydrogen-bond donors (Lipinski definition) is 1. The molecule has 0 saturated carbocycles. The second-order valence-corrected chi connectivity index (χ2v) is 8.06. The molecule has 1 fully saturated rings. The highest BCUT2D eigenvalue weighted by molar-refractivity contribution is 6.01. The number of amides is 2. The van der Waals surface area contributed by atoms with Crippen LogP contribution in [0.1, 0.15) is 46.0 Å². The number of ketones is 1. The fourth-order valence-corrected chi connectivity index (χ4v) is 4.09. The number of carbonyl (C=O) groups excluding carboxylic acids is 2. The number of rotatable bonds is 8. The molecular formula is C25H30N2O7. The lowest BCUT2D eigenvalue weighted by atomic mass is 10.0. The van der Waals surface area contributed by atoms with Crippen LogP contribution in [0.15, 0.2) is 48.5 Å². The molecule has 9 nitrogen and oxygen atoms in total. The van der Waals surface area contributed by atoms with E-state index >= 15 is 0 Å². The molecule has 9 heteroatoms. The molecule has 1 saturated heterocycles. The maximum atomic E-state index is 13.5. The molecule has 0 bridgehead atoms. The van der Waals surface area contributed by atoms with Gasteiger partial charge in [0, 0.05) is 18.7 Å². The van der Waals surface area contributed by atoms with Crippen LogP contribution in [-0.4, -0.2) is 72.3 Å². The van der Waals surface area contributed by atoms with Gasteiger partial charge in [0.15, 0.2) is 5.78 Å². The molecule has 1 aliphatic rings. The van der Waals surface area contributed by atoms with Crippen molar-refractivity contribution in [1.82, 2.24) is 9.96 Å². The van der Waals surface area contributed by atoms with Gasteiger partial charge in [-0.3, -0.25) is 14.4 Å². The van der Waals surface area contributed by atoms with Crippen molar-refractivity contribution < 1.29 is 33.8 Å². The summed E-state index contributed by atoms with van der Waals surface area (Å²) in [6.45, 7) is 2.07. The van der Waals surface area contributed by atoms with E-state index in [2.05, 4.69) is 0 Å². The van der Waals surface area contributed by atoms with E-state index in [1.54, 1.807) is 12.1 Å². The Morgan fingerprint density at radius 2 is 1.85 bits per heavy atom. The Morgan fingerprint density at radius 1 is 1.12 bits per heavy atom. The van der Waals surface area contributed by atoms with Gasteiger partial charge in [0.05, 0.1) is 32.5 Å². The van der Waals surface area contributed by atoms with Crippen LogP contribution in [-0.2, 0) is 16.2 Å². The van der Waals surface area contributed by atoms with Crippen LogP contribution in [0.2, 0.25) is 0 Å². The molecule has 182 valence electrons. The number of ether oxygens (including phenoxy) is 2. The fraction of sp³-hybridized carbons (Fsp3) is 0.400. The maximum absolute atomic E-state index is 13.5. The molecule has 34 heavy (non-hydrogen) atoms. The molecule has 1 N–H and O–H groups in total. The van der Waals surface area contributed by atoms with E-state index in [9.17, 15) is 19.5 Å². The van der Waals surface area contributed by atoms with Crippen LogP contribution < -0.4 is 4.74 Å². The fourth-order valence-electron chi connectivity index (χ4n) is 4.09. The minimum absolute atomic E-state index is 0.0318. The predicted molar refractivity (Wildman–Crippen MR) is 124 cm³/mol. The van der Waals surface area contributed by atoms with Crippen molar-refractivity contribution in [3.8, 4) is 5.75 Å². The van der Waals surface area contributed by atoms with Crippen molar-refractivity contribution in [2.24, 2.45) is 0 Å². The summed E-state index contributed by atoms with van der Waals surface area (Å²) in [4.78, 5) is 44.1. The largest absolute Gasteiger partial charge is 0.496 e. The lowest BCUT2D eigenvalue weighted by molar-refractivity contribution is -0.160. The number of nitrogens with zero attached hydrogens (tertiary/aromatic N) is 2. The summed E-state index contributed by atoms with van der Waals surface area (Å²) in [5.41, 5.74) is 1.47. The van der Waals surface area contributed by atoms with Crippen molar-refractivity contribution in [2.45, 2.75) is 38.5 Å². The molecule has 2 aromatic carbocycles. The third-order valence-corrected chi connectivity index (χ3v) is 5.85. The molecule has 1 heterocycles. The molecule has 2 aromatic rings. The number of methoxy groups -OCH3 is 1. The third kappa shape index (κ3) is 5.92. The normalized spacial score (nSPS) is 18.1. The van der Waals surface area contributed by atoms with Gasteiger partial charge in [0.1, 0.15) is 11.8 Å². The van der Waals surface area contributed by atoms with Gasteiger partial charge in [0.25, 0.3) is 5.91 Å². The smallest absolute Gasteiger partial charge is 0.407 e. The van der Waals surface area contributed by atoms with Crippen molar-refractivity contribution in [3.63, 3.8) is 0 Å². The molecular weight excluding hydrogens is 440 g/mol. The highest BCUT2D eigenvalue weighted by Crippen LogP contribution is 2.25. The van der Waals surface area contributed by atoms with E-state index in [1.165, 1.54) is 32.1 Å². The van der Waals surface area contributed by atoms with Crippen LogP contribution in [0.25, 0.3) is 0 Å². The second-order valence-electron chi connectivity index (χ2n) is 8.06. The zero-order valence-electron chi connectivity index (χ0n) is 19.6. The average Bonchev–Trinajstić information content (AvgIpc) is 3.06. The van der Waals surface area contributed by atoms with Crippen molar-refractivity contribution in [3.05, 3.63) is 65.2 Å². The van der Waals surface area contributed by atoms with Gasteiger partial charge in [-0.2, -0.15) is 0 Å². The number of carbonyl (C=O) groups is 3. The highest BCUT2D eigenvalue weighted by atomic mass is 16.7. The number of hydrogen-bond acceptors (Lipinski definition) is 6. The first-order valence-electron chi connectivity index (χ1n) is 11.1. The molecule has 0 aliphatic carbocycles. The number of Topliss-reactive ketones (excluding diaryl/α,β-unsaturated/α-hetero) is 1. The van der Waals surface area contributed by atoms with E-state index in [0.29, 0.717) is 31.7 Å². The van der Waals surface area contributed by atoms with Crippen molar-refractivity contribution >= 4 is 17.8 Å². The van der Waals surface area contributed by atoms with Crippen LogP contribution in [0.4, 0.5) is 4.79 Å². The zero-order valence-corrected chi connectivity index (χ0v) is 19.6. The second kappa shape index (κ2) is 11.6. The first-order chi connectivity index (χ1) is 16.3. The molecule has 3 rings (SSSR count). The van der Waals surface area contributed by atoms with E-state index in [1.807, 2.05) is 30.3 Å². The summed E-state index contributed by atoms with van der Waals surface area (Å²) in [6, 6.07) is 13.5. The predicted octanol–water partition coefficient (Wildman–Crippen LogP) is 3.63. The first kappa shape index (κ1) is 25.2. The lowest BCUT2D eigenvalue weighted by Crippen LogP contribution is -2.52. The minimum atomic E-state index is -1.07. The van der Waals surface area contributed by atoms with Gasteiger partial charge < -0.3 is 19.5 Å². The topological polar surface area (TPSA) is 106 Å². The van der Waals surface area contributed by atoms with Gasteiger partial charge in [-0.1, -0.05) is 30.3 Å². The van der Waals surface area contributed by atoms with Crippen LogP contribution >= 0.6 is 0 Å². The molecule has 0 unspecified atom stereocenters. The Morgan fingerprint density at radius 3 is 2.47 bits per heavy atom. The van der Waals surface area contributed by atoms with Gasteiger partial charge in [-0.15, -0.1) is 0 Å². The van der Waals surface area contributed by atoms with E-state index < -0.39 is 24.1 Å². The average molecular weight is 471 g/mol. The van der Waals surface area contributed by atoms with Gasteiger partial charge >= 0.3 is 6.09 Å². The zero-order chi connectivity index (χ0) is 24.7. The molecule has 0 radical (unpaired) electrons. The van der Waals surface area contributed by atoms with E-state index in [0.717, 1.165) is 10.6 Å². The molecule has 2 amide bonds. The summed E-state index contributed by atoms with van der Waals surface area (Å²) in [5.74, 6) is -0.382. The molecule has 0 spiro atoms. The van der Waals surface area contributed by atoms with E-state index in [4.69, 9.17) is 14.3 Å². The summed E-state index contributed by atoms with van der Waals surface area (Å²) in [7, 11) is 2.81. The molecule has 0 aromatic heterocycles. The maximum Gasteiger partial charge on any atom is 0.407 e. The first-order valence-corrected chi connectivity index (χ1v) is 11.1. The lowest BCUT2D eigenvalue weighted by Gasteiger charge is -2.35. The summed E-state index contributed by atoms with van der Waals surface area (Å²) in [6.07, 6.45) is -0.389. The van der Waals surface area contributed by atoms with Crippen molar-refractivity contribution in [1.29, 1.82) is 0 Å². The Kier molecular flexibility index (Phi) is 8.61. The standard InChI is InChI=1S/C25H30N2O7/c1-17(28)20-14-19(11-12-22(20)32-2)24(29)27(33-3)21-15-26(25(30)31)13-7-10-23(21)34-16-18-8-5-4-6-9-18/h4-6,8-9,11-12,14,21,23H,7,10,13,15-16H2,1-3H3,(H,30,31)/t21-,23-/m1/s1. The van der Waals surface area contributed by atoms with Crippen LogP contribution in [0.5, 0.6) is 5.75 Å². The monoisotopic (exact) mass is 470 g/mol. The van der Waals surface area contributed by atoms with Gasteiger partial charge in [-0.25, -0.2) is 9.86 Å². The number of carboxylic acid groups (broad SMARTS) is 1.